The van der Waals surface area contributed by atoms with Crippen molar-refractivity contribution in [1.82, 2.24) is 4.90 Å². The van der Waals surface area contributed by atoms with E-state index in [0.717, 1.165) is 22.4 Å². The van der Waals surface area contributed by atoms with Crippen LogP contribution < -0.4 is 5.32 Å². The molecule has 9 heteroatoms. The van der Waals surface area contributed by atoms with E-state index in [4.69, 9.17) is 11.6 Å². The van der Waals surface area contributed by atoms with Crippen molar-refractivity contribution in [2.24, 2.45) is 5.41 Å². The minimum Gasteiger partial charge on any atom is -0.393 e. The molecule has 2 amide bonds. The Kier molecular flexibility index (Phi) is 12.0. The van der Waals surface area contributed by atoms with E-state index in [1.54, 1.807) is 22.3 Å². The normalized spacial score (nSPS) is 23.4. The predicted molar refractivity (Wildman–Crippen MR) is 208 cm³/mol. The molecule has 7 rings (SSSR count). The Labute approximate surface area is 315 Å². The number of nitrogens with zero attached hydrogens (tertiary/aromatic N) is 1. The highest BCUT2D eigenvalue weighted by molar-refractivity contribution is 7.09. The summed E-state index contributed by atoms with van der Waals surface area (Å²) >= 11 is 8.03. The second kappa shape index (κ2) is 16.5. The maximum absolute atomic E-state index is 15.0. The van der Waals surface area contributed by atoms with Gasteiger partial charge >= 0.3 is 6.03 Å². The molecule has 2 bridgehead atoms. The molecule has 0 saturated heterocycles. The van der Waals surface area contributed by atoms with Gasteiger partial charge in [0.1, 0.15) is 5.82 Å². The monoisotopic (exact) mass is 742 g/mol. The van der Waals surface area contributed by atoms with Crippen LogP contribution in [-0.2, 0) is 19.3 Å². The number of rotatable bonds is 9. The number of amides is 2. The number of aliphatic hydroxyl groups excluding tert-OH is 1. The van der Waals surface area contributed by atoms with Crippen LogP contribution in [0.4, 0.5) is 14.9 Å². The number of Topliss-reactive ketones (excluding diaryl/α,β-unsaturated/α-hetero) is 1. The molecular weight excluding hydrogens is 695 g/mol. The number of anilines is 1. The fraction of sp³-hybridized carbons (Fsp3) is 0.395. The lowest BCUT2D eigenvalue weighted by Crippen LogP contribution is -2.54. The number of carbonyl (C=O) groups excluding carboxylic acids is 2. The smallest absolute Gasteiger partial charge is 0.321 e. The number of para-hydroxylation sites is 1. The molecule has 4 unspecified atom stereocenters. The predicted octanol–water partition coefficient (Wildman–Crippen LogP) is 9.78. The maximum Gasteiger partial charge on any atom is 0.321 e. The quantitative estimate of drug-likeness (QED) is 0.118. The molecule has 3 aliphatic carbocycles. The third-order valence-corrected chi connectivity index (χ3v) is 12.6. The van der Waals surface area contributed by atoms with Crippen LogP contribution in [0.5, 0.6) is 0 Å². The summed E-state index contributed by atoms with van der Waals surface area (Å²) in [5, 5.41) is 29.2. The molecular formula is C43H48ClFN2O4S. The molecule has 52 heavy (non-hydrogen) atoms. The van der Waals surface area contributed by atoms with Crippen LogP contribution >= 0.6 is 22.9 Å². The molecule has 1 heterocycles. The number of ketones is 1. The van der Waals surface area contributed by atoms with Gasteiger partial charge in [-0.05, 0) is 117 Å². The minimum absolute atomic E-state index is 0.116. The summed E-state index contributed by atoms with van der Waals surface area (Å²) in [7, 11) is 0. The van der Waals surface area contributed by atoms with Crippen molar-refractivity contribution in [3.8, 4) is 0 Å². The van der Waals surface area contributed by atoms with Crippen molar-refractivity contribution in [1.29, 1.82) is 0 Å². The lowest BCUT2D eigenvalue weighted by molar-refractivity contribution is -0.0762. The van der Waals surface area contributed by atoms with Crippen molar-refractivity contribution in [3.05, 3.63) is 134 Å². The second-order valence-corrected chi connectivity index (χ2v) is 16.2. The van der Waals surface area contributed by atoms with E-state index in [1.807, 2.05) is 60.0 Å². The lowest BCUT2D eigenvalue weighted by Gasteiger charge is -2.46. The van der Waals surface area contributed by atoms with Crippen LogP contribution in [0, 0.1) is 11.2 Å². The van der Waals surface area contributed by atoms with Gasteiger partial charge in [0.05, 0.1) is 18.2 Å². The molecule has 1 aromatic heterocycles. The Balaban J connectivity index is 1.39. The average Bonchev–Trinajstić information content (AvgIpc) is 3.73. The molecule has 3 N–H and O–H groups in total. The van der Waals surface area contributed by atoms with Crippen LogP contribution in [-0.4, -0.2) is 51.7 Å². The molecule has 1 saturated carbocycles. The summed E-state index contributed by atoms with van der Waals surface area (Å²) in [5.41, 5.74) is 2.07. The van der Waals surface area contributed by atoms with Crippen molar-refractivity contribution < 1.29 is 24.2 Å². The number of carbonyl (C=O) groups is 2. The molecule has 274 valence electrons. The van der Waals surface area contributed by atoms with Crippen molar-refractivity contribution in [3.63, 3.8) is 0 Å². The first kappa shape index (κ1) is 37.9. The van der Waals surface area contributed by atoms with Gasteiger partial charge in [-0.1, -0.05) is 72.6 Å². The van der Waals surface area contributed by atoms with E-state index in [2.05, 4.69) is 31.3 Å². The van der Waals surface area contributed by atoms with Gasteiger partial charge in [0.15, 0.2) is 5.78 Å². The summed E-state index contributed by atoms with van der Waals surface area (Å²) in [6.45, 7) is 4.72. The van der Waals surface area contributed by atoms with Crippen molar-refractivity contribution >= 4 is 40.4 Å². The first-order chi connectivity index (χ1) is 25.0. The Hall–Kier alpha value is -3.82. The molecule has 0 aliphatic heterocycles. The van der Waals surface area contributed by atoms with E-state index in [-0.39, 0.29) is 41.3 Å². The van der Waals surface area contributed by atoms with Crippen molar-refractivity contribution in [2.45, 2.75) is 89.3 Å². The summed E-state index contributed by atoms with van der Waals surface area (Å²) in [6, 6.07) is 23.3. The van der Waals surface area contributed by atoms with Crippen LogP contribution in [0.2, 0.25) is 5.02 Å². The minimum atomic E-state index is -1.29. The highest BCUT2D eigenvalue weighted by atomic mass is 35.5. The van der Waals surface area contributed by atoms with Crippen LogP contribution in [0.1, 0.15) is 90.2 Å². The maximum atomic E-state index is 15.0. The number of nitrogens with one attached hydrogen (secondary N) is 1. The van der Waals surface area contributed by atoms with Crippen LogP contribution in [0.3, 0.4) is 0 Å². The van der Waals surface area contributed by atoms with E-state index in [1.165, 1.54) is 17.7 Å². The topological polar surface area (TPSA) is 89.9 Å². The number of urea groups is 1. The number of halogens is 2. The van der Waals surface area contributed by atoms with Gasteiger partial charge in [-0.15, -0.1) is 11.3 Å². The third-order valence-electron chi connectivity index (χ3n) is 11.3. The number of fused-ring (bicyclic) bond motifs is 8. The number of benzene rings is 3. The van der Waals surface area contributed by atoms with Gasteiger partial charge in [-0.2, -0.15) is 0 Å². The standard InChI is InChI=1S/C43H48ClFN2O4S/c1-29-9-7-21-42(2)37(19-22-43(42,51)28-47(23-20-33-12-8-24-52-33)41(50)46-31-10-4-3-5-11-31)34-18-16-30(25-32(48)17-15-29)26-35(34)40(49)27-36-38(44)13-6-14-39(36)45/h3-6,8-14,16,18,24,26,32,37,48,51H,7,15,17,19-23,25,27-28H2,1-2H3,(H,46,50). The van der Waals surface area contributed by atoms with Gasteiger partial charge in [0, 0.05) is 45.1 Å². The highest BCUT2D eigenvalue weighted by Crippen LogP contribution is 2.59. The van der Waals surface area contributed by atoms with Gasteiger partial charge in [0.2, 0.25) is 0 Å². The fourth-order valence-electron chi connectivity index (χ4n) is 8.19. The van der Waals surface area contributed by atoms with Crippen molar-refractivity contribution in [2.75, 3.05) is 18.4 Å². The average molecular weight is 743 g/mol. The van der Waals surface area contributed by atoms with E-state index < -0.39 is 22.9 Å². The molecule has 1 fully saturated rings. The third kappa shape index (κ3) is 8.52. The molecule has 4 atom stereocenters. The Morgan fingerprint density at radius 1 is 1.04 bits per heavy atom. The number of hydrogen-bond donors (Lipinski definition) is 3. The molecule has 3 aromatic carbocycles. The highest BCUT2D eigenvalue weighted by Gasteiger charge is 2.57. The largest absolute Gasteiger partial charge is 0.393 e. The SMILES string of the molecule is CC1=CCCC2(C)C(CCC2(O)CN(CCc2cccs2)C(=O)Nc2ccccc2)c2ccc(cc2C(=O)Cc2c(F)cccc2Cl)CC(O)CC1. The number of allylic oxidation sites excluding steroid dienone is 2. The lowest BCUT2D eigenvalue weighted by atomic mass is 9.64. The first-order valence-electron chi connectivity index (χ1n) is 18.2. The summed E-state index contributed by atoms with van der Waals surface area (Å²) < 4.78 is 15.0. The zero-order valence-corrected chi connectivity index (χ0v) is 31.5. The molecule has 0 radical (unpaired) electrons. The zero-order chi connectivity index (χ0) is 36.9. The van der Waals surface area contributed by atoms with Gasteiger partial charge in [-0.3, -0.25) is 4.79 Å². The van der Waals surface area contributed by atoms with E-state index in [0.29, 0.717) is 62.7 Å². The first-order valence-corrected chi connectivity index (χ1v) is 19.5. The van der Waals surface area contributed by atoms with Gasteiger partial charge in [0.25, 0.3) is 0 Å². The van der Waals surface area contributed by atoms with Gasteiger partial charge in [-0.25, -0.2) is 9.18 Å². The second-order valence-electron chi connectivity index (χ2n) is 14.8. The molecule has 3 aliphatic rings. The van der Waals surface area contributed by atoms with Crippen LogP contribution in [0.25, 0.3) is 0 Å². The number of hydrogen-bond acceptors (Lipinski definition) is 5. The summed E-state index contributed by atoms with van der Waals surface area (Å²) in [6.07, 6.45) is 6.09. The van der Waals surface area contributed by atoms with Crippen LogP contribution in [0.15, 0.2) is 95.9 Å². The summed E-state index contributed by atoms with van der Waals surface area (Å²) in [4.78, 5) is 31.1. The molecule has 6 nitrogen and oxygen atoms in total. The Morgan fingerprint density at radius 2 is 1.85 bits per heavy atom. The van der Waals surface area contributed by atoms with E-state index >= 15 is 0 Å². The molecule has 4 aromatic rings. The number of thiophene rings is 1. The molecule has 0 spiro atoms. The number of aliphatic hydroxyl groups is 2. The Morgan fingerprint density at radius 3 is 2.60 bits per heavy atom. The van der Waals surface area contributed by atoms with Gasteiger partial charge < -0.3 is 20.4 Å². The summed E-state index contributed by atoms with van der Waals surface area (Å²) in [5.74, 6) is -1.03. The zero-order valence-electron chi connectivity index (χ0n) is 29.9. The Bertz CT molecular complexity index is 1880. The van der Waals surface area contributed by atoms with E-state index in [9.17, 15) is 24.2 Å². The fourth-order valence-corrected chi connectivity index (χ4v) is 9.12.